The first-order valence-electron chi connectivity index (χ1n) is 5.41. The predicted octanol–water partition coefficient (Wildman–Crippen LogP) is 1.87. The number of nitrogens with zero attached hydrogens (tertiary/aromatic N) is 3. The SMILES string of the molecule is CC[C@@H](O)c1ccc(N(C)CCC#N)cn1. The average molecular weight is 219 g/mol. The highest BCUT2D eigenvalue weighted by atomic mass is 16.3. The summed E-state index contributed by atoms with van der Waals surface area (Å²) in [5.74, 6) is 0. The van der Waals surface area contributed by atoms with Gasteiger partial charge in [-0.1, -0.05) is 6.92 Å². The summed E-state index contributed by atoms with van der Waals surface area (Å²) in [7, 11) is 1.92. The summed E-state index contributed by atoms with van der Waals surface area (Å²) in [6.45, 7) is 2.60. The van der Waals surface area contributed by atoms with Gasteiger partial charge in [0.05, 0.1) is 36.2 Å². The molecule has 0 bridgehead atoms. The topological polar surface area (TPSA) is 60.1 Å². The van der Waals surface area contributed by atoms with Crippen molar-refractivity contribution in [3.05, 3.63) is 24.0 Å². The van der Waals surface area contributed by atoms with Gasteiger partial charge in [-0.15, -0.1) is 0 Å². The van der Waals surface area contributed by atoms with Crippen LogP contribution in [0.25, 0.3) is 0 Å². The monoisotopic (exact) mass is 219 g/mol. The molecule has 1 atom stereocenters. The zero-order valence-electron chi connectivity index (χ0n) is 9.72. The lowest BCUT2D eigenvalue weighted by molar-refractivity contribution is 0.169. The molecule has 1 aromatic rings. The van der Waals surface area contributed by atoms with Gasteiger partial charge in [0.15, 0.2) is 0 Å². The number of aliphatic hydroxyl groups excluding tert-OH is 1. The molecule has 1 N–H and O–H groups in total. The van der Waals surface area contributed by atoms with Crippen LogP contribution in [0.5, 0.6) is 0 Å². The predicted molar refractivity (Wildman–Crippen MR) is 63.0 cm³/mol. The van der Waals surface area contributed by atoms with Crippen LogP contribution < -0.4 is 4.90 Å². The van der Waals surface area contributed by atoms with Crippen LogP contribution in [0.15, 0.2) is 18.3 Å². The third-order valence-electron chi connectivity index (χ3n) is 2.50. The summed E-state index contributed by atoms with van der Waals surface area (Å²) in [6.07, 6.45) is 2.40. The Labute approximate surface area is 96.2 Å². The number of nitriles is 1. The fourth-order valence-electron chi connectivity index (χ4n) is 1.38. The molecule has 0 aromatic carbocycles. The highest BCUT2D eigenvalue weighted by Crippen LogP contribution is 2.17. The van der Waals surface area contributed by atoms with Crippen molar-refractivity contribution in [1.29, 1.82) is 5.26 Å². The lowest BCUT2D eigenvalue weighted by Gasteiger charge is -2.17. The van der Waals surface area contributed by atoms with Gasteiger partial charge in [0, 0.05) is 13.6 Å². The molecule has 0 aliphatic rings. The second kappa shape index (κ2) is 6.09. The molecular weight excluding hydrogens is 202 g/mol. The van der Waals surface area contributed by atoms with Crippen LogP contribution in [-0.2, 0) is 0 Å². The third kappa shape index (κ3) is 3.21. The van der Waals surface area contributed by atoms with Crippen molar-refractivity contribution in [2.75, 3.05) is 18.5 Å². The van der Waals surface area contributed by atoms with E-state index in [0.717, 1.165) is 5.69 Å². The molecule has 1 aromatic heterocycles. The Morgan fingerprint density at radius 3 is 2.81 bits per heavy atom. The Morgan fingerprint density at radius 1 is 1.56 bits per heavy atom. The van der Waals surface area contributed by atoms with Crippen LogP contribution >= 0.6 is 0 Å². The largest absolute Gasteiger partial charge is 0.387 e. The number of hydrogen-bond donors (Lipinski definition) is 1. The van der Waals surface area contributed by atoms with E-state index in [9.17, 15) is 5.11 Å². The Kier molecular flexibility index (Phi) is 4.74. The van der Waals surface area contributed by atoms with Crippen LogP contribution in [0.1, 0.15) is 31.6 Å². The summed E-state index contributed by atoms with van der Waals surface area (Å²) in [5, 5.41) is 18.1. The van der Waals surface area contributed by atoms with E-state index in [0.29, 0.717) is 25.1 Å². The quantitative estimate of drug-likeness (QED) is 0.821. The van der Waals surface area contributed by atoms with Gasteiger partial charge in [-0.3, -0.25) is 4.98 Å². The van der Waals surface area contributed by atoms with Gasteiger partial charge >= 0.3 is 0 Å². The molecule has 0 saturated carbocycles. The second-order valence-corrected chi connectivity index (χ2v) is 3.69. The first-order valence-corrected chi connectivity index (χ1v) is 5.41. The second-order valence-electron chi connectivity index (χ2n) is 3.69. The number of anilines is 1. The molecule has 0 fully saturated rings. The van der Waals surface area contributed by atoms with E-state index < -0.39 is 6.10 Å². The molecule has 0 radical (unpaired) electrons. The molecule has 0 amide bonds. The standard InChI is InChI=1S/C12H17N3O/c1-3-12(16)11-6-5-10(9-14-11)15(2)8-4-7-13/h5-6,9,12,16H,3-4,8H2,1-2H3/t12-/m1/s1. The van der Waals surface area contributed by atoms with E-state index in [1.807, 2.05) is 31.0 Å². The first-order chi connectivity index (χ1) is 7.69. The van der Waals surface area contributed by atoms with E-state index in [1.54, 1.807) is 6.20 Å². The maximum absolute atomic E-state index is 9.58. The molecular formula is C12H17N3O. The molecule has 86 valence electrons. The maximum atomic E-state index is 9.58. The van der Waals surface area contributed by atoms with Gasteiger partial charge < -0.3 is 10.0 Å². The summed E-state index contributed by atoms with van der Waals surface area (Å²) in [6, 6.07) is 5.85. The summed E-state index contributed by atoms with van der Waals surface area (Å²) >= 11 is 0. The van der Waals surface area contributed by atoms with Gasteiger partial charge in [-0.2, -0.15) is 5.26 Å². The van der Waals surface area contributed by atoms with Crippen molar-refractivity contribution in [2.24, 2.45) is 0 Å². The fraction of sp³-hybridized carbons (Fsp3) is 0.500. The van der Waals surface area contributed by atoms with Gasteiger partial charge in [-0.25, -0.2) is 0 Å². The Morgan fingerprint density at radius 2 is 2.31 bits per heavy atom. The van der Waals surface area contributed by atoms with E-state index in [4.69, 9.17) is 5.26 Å². The van der Waals surface area contributed by atoms with Crippen molar-refractivity contribution < 1.29 is 5.11 Å². The molecule has 16 heavy (non-hydrogen) atoms. The molecule has 1 heterocycles. The summed E-state index contributed by atoms with van der Waals surface area (Å²) in [4.78, 5) is 6.17. The van der Waals surface area contributed by atoms with Gasteiger partial charge in [-0.05, 0) is 18.6 Å². The van der Waals surface area contributed by atoms with Gasteiger partial charge in [0.25, 0.3) is 0 Å². The van der Waals surface area contributed by atoms with Crippen LogP contribution in [0, 0.1) is 11.3 Å². The van der Waals surface area contributed by atoms with Crippen molar-refractivity contribution in [1.82, 2.24) is 4.98 Å². The van der Waals surface area contributed by atoms with Crippen molar-refractivity contribution >= 4 is 5.69 Å². The molecule has 0 unspecified atom stereocenters. The molecule has 0 aliphatic heterocycles. The first kappa shape index (κ1) is 12.5. The lowest BCUT2D eigenvalue weighted by atomic mass is 10.2. The molecule has 1 rings (SSSR count). The minimum atomic E-state index is -0.488. The highest BCUT2D eigenvalue weighted by Gasteiger charge is 2.07. The number of hydrogen-bond acceptors (Lipinski definition) is 4. The number of aliphatic hydroxyl groups is 1. The molecule has 4 heteroatoms. The van der Waals surface area contributed by atoms with Crippen LogP contribution in [0.4, 0.5) is 5.69 Å². The van der Waals surface area contributed by atoms with Crippen molar-refractivity contribution in [3.63, 3.8) is 0 Å². The highest BCUT2D eigenvalue weighted by molar-refractivity contribution is 5.43. The van der Waals surface area contributed by atoms with Gasteiger partial charge in [0.1, 0.15) is 0 Å². The van der Waals surface area contributed by atoms with E-state index in [1.165, 1.54) is 0 Å². The molecule has 0 saturated heterocycles. The minimum absolute atomic E-state index is 0.488. The summed E-state index contributed by atoms with van der Waals surface area (Å²) < 4.78 is 0. The minimum Gasteiger partial charge on any atom is -0.387 e. The van der Waals surface area contributed by atoms with Crippen LogP contribution in [0.3, 0.4) is 0 Å². The zero-order valence-corrected chi connectivity index (χ0v) is 9.72. The van der Waals surface area contributed by atoms with Crippen molar-refractivity contribution in [2.45, 2.75) is 25.9 Å². The van der Waals surface area contributed by atoms with E-state index >= 15 is 0 Å². The zero-order chi connectivity index (χ0) is 12.0. The Bertz CT molecular complexity index is 356. The van der Waals surface area contributed by atoms with Crippen LogP contribution in [-0.4, -0.2) is 23.7 Å². The molecule has 0 spiro atoms. The summed E-state index contributed by atoms with van der Waals surface area (Å²) in [5.41, 5.74) is 1.65. The third-order valence-corrected chi connectivity index (χ3v) is 2.50. The molecule has 0 aliphatic carbocycles. The van der Waals surface area contributed by atoms with E-state index in [2.05, 4.69) is 11.1 Å². The van der Waals surface area contributed by atoms with Gasteiger partial charge in [0.2, 0.25) is 0 Å². The smallest absolute Gasteiger partial charge is 0.0957 e. The van der Waals surface area contributed by atoms with Crippen molar-refractivity contribution in [3.8, 4) is 6.07 Å². The van der Waals surface area contributed by atoms with Crippen LogP contribution in [0.2, 0.25) is 0 Å². The van der Waals surface area contributed by atoms with E-state index in [-0.39, 0.29) is 0 Å². The molecule has 4 nitrogen and oxygen atoms in total. The normalized spacial score (nSPS) is 11.9. The average Bonchev–Trinajstić information content (AvgIpc) is 2.35. The number of rotatable bonds is 5. The Hall–Kier alpha value is -1.60. The number of aromatic nitrogens is 1. The lowest BCUT2D eigenvalue weighted by Crippen LogP contribution is -2.18. The Balaban J connectivity index is 2.67. The number of pyridine rings is 1. The maximum Gasteiger partial charge on any atom is 0.0957 e. The fourth-order valence-corrected chi connectivity index (χ4v) is 1.38.